The van der Waals surface area contributed by atoms with Crippen LogP contribution in [0.15, 0.2) is 24.4 Å². The third-order valence-electron chi connectivity index (χ3n) is 5.13. The summed E-state index contributed by atoms with van der Waals surface area (Å²) in [6.07, 6.45) is 5.18. The zero-order chi connectivity index (χ0) is 18.1. The third-order valence-corrected chi connectivity index (χ3v) is 5.13. The van der Waals surface area contributed by atoms with Crippen LogP contribution in [0.5, 0.6) is 0 Å². The molecule has 138 valence electrons. The molecule has 1 aliphatic heterocycles. The van der Waals surface area contributed by atoms with Crippen LogP contribution in [0.4, 0.5) is 8.78 Å². The minimum Gasteiger partial charge on any atom is -0.341 e. The van der Waals surface area contributed by atoms with Crippen LogP contribution >= 0.6 is 0 Å². The lowest BCUT2D eigenvalue weighted by Gasteiger charge is -2.22. The molecule has 6 nitrogen and oxygen atoms in total. The first-order valence-corrected chi connectivity index (χ1v) is 8.94. The molecule has 2 aliphatic rings. The monoisotopic (exact) mass is 361 g/mol. The fraction of sp³-hybridized carbons (Fsp3) is 0.500. The van der Waals surface area contributed by atoms with Crippen molar-refractivity contribution in [2.75, 3.05) is 13.1 Å². The van der Waals surface area contributed by atoms with E-state index in [1.54, 1.807) is 10.9 Å². The van der Waals surface area contributed by atoms with Gasteiger partial charge in [-0.05, 0) is 62.4 Å². The van der Waals surface area contributed by atoms with Gasteiger partial charge in [0.15, 0.2) is 5.69 Å². The number of rotatable bonds is 5. The van der Waals surface area contributed by atoms with Gasteiger partial charge in [-0.15, -0.1) is 5.10 Å². The molecular weight excluding hydrogens is 340 g/mol. The predicted octanol–water partition coefficient (Wildman–Crippen LogP) is 1.97. The zero-order valence-electron chi connectivity index (χ0n) is 14.3. The third kappa shape index (κ3) is 3.60. The van der Waals surface area contributed by atoms with Gasteiger partial charge in [0.05, 0.1) is 11.7 Å². The van der Waals surface area contributed by atoms with Crippen LogP contribution in [0.25, 0.3) is 0 Å². The van der Waals surface area contributed by atoms with Crippen molar-refractivity contribution < 1.29 is 13.6 Å². The topological polar surface area (TPSA) is 71.8 Å². The Morgan fingerprint density at radius 2 is 2.08 bits per heavy atom. The van der Waals surface area contributed by atoms with E-state index in [4.69, 9.17) is 0 Å². The molecule has 1 atom stereocenters. The highest BCUT2D eigenvalue weighted by Crippen LogP contribution is 2.46. The molecule has 1 aromatic heterocycles. The van der Waals surface area contributed by atoms with Crippen molar-refractivity contribution in [1.29, 1.82) is 0 Å². The normalized spacial score (nSPS) is 21.4. The van der Waals surface area contributed by atoms with Gasteiger partial charge in [0.2, 0.25) is 0 Å². The van der Waals surface area contributed by atoms with Crippen LogP contribution in [0, 0.1) is 17.6 Å². The van der Waals surface area contributed by atoms with E-state index in [1.807, 2.05) is 0 Å². The SMILES string of the molecule is O=C(NC1(c2cc(F)cc(F)c2)CC1)c1cn(CC2CCCNC2)nn1. The average molecular weight is 361 g/mol. The van der Waals surface area contributed by atoms with E-state index in [-0.39, 0.29) is 11.6 Å². The molecule has 1 unspecified atom stereocenters. The van der Waals surface area contributed by atoms with E-state index in [0.717, 1.165) is 32.0 Å². The zero-order valence-corrected chi connectivity index (χ0v) is 14.3. The van der Waals surface area contributed by atoms with Gasteiger partial charge in [0.1, 0.15) is 11.6 Å². The average Bonchev–Trinajstić information content (AvgIpc) is 3.24. The largest absolute Gasteiger partial charge is 0.341 e. The van der Waals surface area contributed by atoms with Crippen molar-refractivity contribution in [3.63, 3.8) is 0 Å². The van der Waals surface area contributed by atoms with Gasteiger partial charge in [0, 0.05) is 12.6 Å². The Balaban J connectivity index is 1.43. The van der Waals surface area contributed by atoms with Crippen molar-refractivity contribution in [2.45, 2.75) is 37.8 Å². The lowest BCUT2D eigenvalue weighted by molar-refractivity contribution is 0.0925. The number of aromatic nitrogens is 3. The second-order valence-corrected chi connectivity index (χ2v) is 7.23. The number of piperidine rings is 1. The molecule has 1 aromatic carbocycles. The van der Waals surface area contributed by atoms with E-state index in [2.05, 4.69) is 20.9 Å². The first-order valence-electron chi connectivity index (χ1n) is 8.94. The summed E-state index contributed by atoms with van der Waals surface area (Å²) in [7, 11) is 0. The van der Waals surface area contributed by atoms with Crippen LogP contribution in [0.1, 0.15) is 41.7 Å². The van der Waals surface area contributed by atoms with Crippen LogP contribution in [-0.4, -0.2) is 34.0 Å². The van der Waals surface area contributed by atoms with Crippen molar-refractivity contribution in [3.05, 3.63) is 47.3 Å². The van der Waals surface area contributed by atoms with Crippen molar-refractivity contribution >= 4 is 5.91 Å². The lowest BCUT2D eigenvalue weighted by atomic mass is 10.00. The number of nitrogens with zero attached hydrogens (tertiary/aromatic N) is 3. The summed E-state index contributed by atoms with van der Waals surface area (Å²) in [5.74, 6) is -1.19. The molecule has 2 aromatic rings. The molecular formula is C18H21F2N5O. The molecule has 1 amide bonds. The smallest absolute Gasteiger partial charge is 0.274 e. The van der Waals surface area contributed by atoms with Gasteiger partial charge in [-0.25, -0.2) is 8.78 Å². The Morgan fingerprint density at radius 3 is 2.73 bits per heavy atom. The van der Waals surface area contributed by atoms with E-state index in [0.29, 0.717) is 30.9 Å². The van der Waals surface area contributed by atoms with Gasteiger partial charge in [-0.2, -0.15) is 0 Å². The molecule has 2 heterocycles. The number of carbonyl (C=O) groups is 1. The summed E-state index contributed by atoms with van der Waals surface area (Å²) in [5, 5.41) is 14.2. The second-order valence-electron chi connectivity index (χ2n) is 7.23. The number of hydrogen-bond donors (Lipinski definition) is 2. The molecule has 1 saturated heterocycles. The van der Waals surface area contributed by atoms with E-state index in [1.165, 1.54) is 12.1 Å². The second kappa shape index (κ2) is 6.75. The molecule has 4 rings (SSSR count). The van der Waals surface area contributed by atoms with Gasteiger partial charge in [-0.3, -0.25) is 9.48 Å². The number of hydrogen-bond acceptors (Lipinski definition) is 4. The Bertz CT molecular complexity index is 791. The molecule has 0 bridgehead atoms. The molecule has 1 aliphatic carbocycles. The first kappa shape index (κ1) is 17.1. The quantitative estimate of drug-likeness (QED) is 0.854. The first-order chi connectivity index (χ1) is 12.5. The number of benzene rings is 1. The Labute approximate surface area is 150 Å². The highest BCUT2D eigenvalue weighted by molar-refractivity contribution is 5.92. The summed E-state index contributed by atoms with van der Waals surface area (Å²) in [5.41, 5.74) is -0.0437. The maximum Gasteiger partial charge on any atom is 0.274 e. The van der Waals surface area contributed by atoms with E-state index < -0.39 is 17.2 Å². The predicted molar refractivity (Wildman–Crippen MR) is 90.4 cm³/mol. The van der Waals surface area contributed by atoms with Crippen LogP contribution in [0.3, 0.4) is 0 Å². The maximum atomic E-state index is 13.5. The Kier molecular flexibility index (Phi) is 4.44. The minimum absolute atomic E-state index is 0.219. The van der Waals surface area contributed by atoms with Crippen molar-refractivity contribution in [2.24, 2.45) is 5.92 Å². The standard InChI is InChI=1S/C18H21F2N5O/c19-14-6-13(7-15(20)8-14)18(3-4-18)22-17(26)16-11-25(24-23-16)10-12-2-1-5-21-9-12/h6-8,11-12,21H,1-5,9-10H2,(H,22,26). The van der Waals surface area contributed by atoms with Crippen LogP contribution in [0.2, 0.25) is 0 Å². The molecule has 1 saturated carbocycles. The molecule has 8 heteroatoms. The number of halogens is 2. The summed E-state index contributed by atoms with van der Waals surface area (Å²) in [6.45, 7) is 2.70. The summed E-state index contributed by atoms with van der Waals surface area (Å²) >= 11 is 0. The molecule has 2 N–H and O–H groups in total. The van der Waals surface area contributed by atoms with Gasteiger partial charge >= 0.3 is 0 Å². The van der Waals surface area contributed by atoms with Crippen molar-refractivity contribution in [1.82, 2.24) is 25.6 Å². The Hall–Kier alpha value is -2.35. The Morgan fingerprint density at radius 1 is 1.31 bits per heavy atom. The van der Waals surface area contributed by atoms with Crippen molar-refractivity contribution in [3.8, 4) is 0 Å². The lowest BCUT2D eigenvalue weighted by Crippen LogP contribution is -2.35. The number of amides is 1. The summed E-state index contributed by atoms with van der Waals surface area (Å²) in [4.78, 5) is 12.5. The van der Waals surface area contributed by atoms with Gasteiger partial charge in [0.25, 0.3) is 5.91 Å². The molecule has 2 fully saturated rings. The minimum atomic E-state index is -0.711. The van der Waals surface area contributed by atoms with Gasteiger partial charge in [-0.1, -0.05) is 5.21 Å². The number of carbonyl (C=O) groups excluding carboxylic acids is 1. The fourth-order valence-corrected chi connectivity index (χ4v) is 3.56. The van der Waals surface area contributed by atoms with E-state index in [9.17, 15) is 13.6 Å². The highest BCUT2D eigenvalue weighted by Gasteiger charge is 2.46. The summed E-state index contributed by atoms with van der Waals surface area (Å²) < 4.78 is 28.7. The van der Waals surface area contributed by atoms with E-state index >= 15 is 0 Å². The summed E-state index contributed by atoms with van der Waals surface area (Å²) in [6, 6.07) is 3.36. The highest BCUT2D eigenvalue weighted by atomic mass is 19.1. The van der Waals surface area contributed by atoms with Crippen LogP contribution < -0.4 is 10.6 Å². The molecule has 0 spiro atoms. The van der Waals surface area contributed by atoms with Crippen LogP contribution in [-0.2, 0) is 12.1 Å². The molecule has 0 radical (unpaired) electrons. The fourth-order valence-electron chi connectivity index (χ4n) is 3.56. The maximum absolute atomic E-state index is 13.5. The van der Waals surface area contributed by atoms with Gasteiger partial charge < -0.3 is 10.6 Å². The number of nitrogens with one attached hydrogen (secondary N) is 2. The molecule has 26 heavy (non-hydrogen) atoms.